The summed E-state index contributed by atoms with van der Waals surface area (Å²) in [6.45, 7) is 0. The first-order chi connectivity index (χ1) is 13.9. The van der Waals surface area contributed by atoms with Gasteiger partial charge in [0.15, 0.2) is 9.84 Å². The molecule has 0 spiro atoms. The summed E-state index contributed by atoms with van der Waals surface area (Å²) < 4.78 is 44.5. The average Bonchev–Trinajstić information content (AvgIpc) is 3.03. The monoisotopic (exact) mass is 411 g/mol. The van der Waals surface area contributed by atoms with Crippen LogP contribution in [0.4, 0.5) is 10.1 Å². The lowest BCUT2D eigenvalue weighted by atomic mass is 9.87. The van der Waals surface area contributed by atoms with E-state index in [1.165, 1.54) is 24.3 Å². The van der Waals surface area contributed by atoms with Crippen LogP contribution in [0.5, 0.6) is 5.75 Å². The van der Waals surface area contributed by atoms with E-state index in [4.69, 9.17) is 10.5 Å². The molecule has 1 atom stereocenters. The van der Waals surface area contributed by atoms with Gasteiger partial charge in [0.25, 0.3) is 0 Å². The Kier molecular flexibility index (Phi) is 4.55. The van der Waals surface area contributed by atoms with Crippen LogP contribution in [-0.2, 0) is 9.84 Å². The third-order valence-electron chi connectivity index (χ3n) is 5.22. The predicted molar refractivity (Wildman–Crippen MR) is 107 cm³/mol. The van der Waals surface area contributed by atoms with Crippen LogP contribution in [-0.4, -0.2) is 21.3 Å². The molecule has 4 rings (SSSR count). The molecule has 0 bridgehead atoms. The first-order valence-corrected chi connectivity index (χ1v) is 10.6. The fraction of sp³-hybridized carbons (Fsp3) is 0.190. The summed E-state index contributed by atoms with van der Waals surface area (Å²) >= 11 is 0. The smallest absolute Gasteiger partial charge is 0.177 e. The van der Waals surface area contributed by atoms with E-state index in [0.717, 1.165) is 0 Å². The molecule has 0 aliphatic carbocycles. The first-order valence-electron chi connectivity index (χ1n) is 8.92. The Morgan fingerprint density at radius 1 is 1.17 bits per heavy atom. The first kappa shape index (κ1) is 19.0. The third kappa shape index (κ3) is 3.04. The van der Waals surface area contributed by atoms with Crippen LogP contribution in [0.25, 0.3) is 0 Å². The molecule has 0 saturated heterocycles. The summed E-state index contributed by atoms with van der Waals surface area (Å²) in [7, 11) is -2.05. The van der Waals surface area contributed by atoms with E-state index in [9.17, 15) is 18.1 Å². The van der Waals surface area contributed by atoms with Gasteiger partial charge in [-0.05, 0) is 42.0 Å². The van der Waals surface area contributed by atoms with Gasteiger partial charge in [0.2, 0.25) is 0 Å². The van der Waals surface area contributed by atoms with Crippen molar-refractivity contribution >= 4 is 15.5 Å². The lowest BCUT2D eigenvalue weighted by molar-refractivity contribution is 0.415. The molecule has 0 amide bonds. The van der Waals surface area contributed by atoms with E-state index in [0.29, 0.717) is 22.7 Å². The van der Waals surface area contributed by atoms with Gasteiger partial charge >= 0.3 is 0 Å². The third-order valence-corrected chi connectivity index (χ3v) is 7.10. The number of anilines is 1. The minimum Gasteiger partial charge on any atom is -0.497 e. The number of hydrogen-bond acceptors (Lipinski definition) is 6. The van der Waals surface area contributed by atoms with Crippen LogP contribution >= 0.6 is 0 Å². The van der Waals surface area contributed by atoms with E-state index >= 15 is 0 Å². The molecule has 2 heterocycles. The number of sulfone groups is 1. The number of nitrogens with zero attached hydrogens (tertiary/aromatic N) is 2. The molecule has 2 aromatic rings. The standard InChI is InChI=1S/C21H18FN3O3S/c1-28-16-8-6-15(7-9-16)25-18-10-11-29(26,27)20(18)19(17(12-23)21(25)24)13-2-4-14(22)5-3-13/h2-9,19H,10-11,24H2,1H3. The average molecular weight is 411 g/mol. The topological polar surface area (TPSA) is 96.4 Å². The highest BCUT2D eigenvalue weighted by Crippen LogP contribution is 2.48. The maximum absolute atomic E-state index is 13.4. The van der Waals surface area contributed by atoms with Crippen LogP contribution in [0, 0.1) is 17.1 Å². The van der Waals surface area contributed by atoms with Crippen LogP contribution in [0.1, 0.15) is 17.9 Å². The quantitative estimate of drug-likeness (QED) is 0.833. The summed E-state index contributed by atoms with van der Waals surface area (Å²) in [5, 5.41) is 9.86. The Bertz CT molecular complexity index is 1180. The summed E-state index contributed by atoms with van der Waals surface area (Å²) in [5.74, 6) is -0.538. The zero-order valence-electron chi connectivity index (χ0n) is 15.6. The number of ether oxygens (including phenoxy) is 1. The van der Waals surface area contributed by atoms with Gasteiger partial charge < -0.3 is 10.5 Å². The lowest BCUT2D eigenvalue weighted by Gasteiger charge is -2.35. The number of methoxy groups -OCH3 is 1. The molecule has 8 heteroatoms. The van der Waals surface area contributed by atoms with E-state index < -0.39 is 21.6 Å². The number of hydrogen-bond donors (Lipinski definition) is 1. The van der Waals surface area contributed by atoms with Crippen LogP contribution in [0.2, 0.25) is 0 Å². The highest BCUT2D eigenvalue weighted by Gasteiger charge is 2.45. The number of allylic oxidation sites excluding steroid dienone is 3. The molecule has 1 unspecified atom stereocenters. The Labute approximate surface area is 168 Å². The molecule has 0 fully saturated rings. The van der Waals surface area contributed by atoms with Gasteiger partial charge in [-0.2, -0.15) is 5.26 Å². The maximum Gasteiger partial charge on any atom is 0.177 e. The Morgan fingerprint density at radius 3 is 2.41 bits per heavy atom. The fourth-order valence-corrected chi connectivity index (χ4v) is 5.73. The summed E-state index contributed by atoms with van der Waals surface area (Å²) in [6.07, 6.45) is 0.279. The van der Waals surface area contributed by atoms with Gasteiger partial charge in [0, 0.05) is 17.8 Å². The van der Waals surface area contributed by atoms with Gasteiger partial charge in [-0.3, -0.25) is 4.90 Å². The van der Waals surface area contributed by atoms with Crippen molar-refractivity contribution in [3.8, 4) is 11.8 Å². The van der Waals surface area contributed by atoms with Crippen molar-refractivity contribution in [2.45, 2.75) is 12.3 Å². The molecule has 6 nitrogen and oxygen atoms in total. The molecular formula is C21H18FN3O3S. The molecule has 2 N–H and O–H groups in total. The van der Waals surface area contributed by atoms with Gasteiger partial charge in [-0.15, -0.1) is 0 Å². The summed E-state index contributed by atoms with van der Waals surface area (Å²) in [4.78, 5) is 1.78. The van der Waals surface area contributed by atoms with Crippen molar-refractivity contribution in [3.63, 3.8) is 0 Å². The zero-order valence-corrected chi connectivity index (χ0v) is 16.4. The molecule has 148 valence electrons. The largest absolute Gasteiger partial charge is 0.497 e. The minimum atomic E-state index is -3.60. The SMILES string of the molecule is COc1ccc(N2C(N)=C(C#N)C(c3ccc(F)cc3)C3=C2CCS3(=O)=O)cc1. The van der Waals surface area contributed by atoms with E-state index in [2.05, 4.69) is 6.07 Å². The van der Waals surface area contributed by atoms with Crippen LogP contribution in [0.15, 0.2) is 70.5 Å². The zero-order chi connectivity index (χ0) is 20.8. The molecule has 2 aliphatic rings. The van der Waals surface area contributed by atoms with E-state index in [1.807, 2.05) is 0 Å². The molecule has 2 aromatic carbocycles. The number of rotatable bonds is 3. The summed E-state index contributed by atoms with van der Waals surface area (Å²) in [6, 6.07) is 14.6. The maximum atomic E-state index is 13.4. The normalized spacial score (nSPS) is 20.4. The van der Waals surface area contributed by atoms with Gasteiger partial charge in [0.1, 0.15) is 17.4 Å². The number of nitrogens with two attached hydrogens (primary N) is 1. The number of benzene rings is 2. The minimum absolute atomic E-state index is 0.0615. The fourth-order valence-electron chi connectivity index (χ4n) is 3.88. The van der Waals surface area contributed by atoms with Crippen molar-refractivity contribution in [1.82, 2.24) is 0 Å². The van der Waals surface area contributed by atoms with E-state index in [1.54, 1.807) is 36.3 Å². The summed E-state index contributed by atoms with van der Waals surface area (Å²) in [5.41, 5.74) is 8.20. The molecule has 0 saturated carbocycles. The van der Waals surface area contributed by atoms with Gasteiger partial charge in [0.05, 0.1) is 35.3 Å². The Hall–Kier alpha value is -3.31. The second kappa shape index (κ2) is 6.94. The van der Waals surface area contributed by atoms with Crippen molar-refractivity contribution in [3.05, 3.63) is 81.9 Å². The predicted octanol–water partition coefficient (Wildman–Crippen LogP) is 3.16. The lowest BCUT2D eigenvalue weighted by Crippen LogP contribution is -2.34. The van der Waals surface area contributed by atoms with Crippen LogP contribution in [0.3, 0.4) is 0 Å². The van der Waals surface area contributed by atoms with Crippen molar-refractivity contribution in [2.75, 3.05) is 17.8 Å². The van der Waals surface area contributed by atoms with E-state index in [-0.39, 0.29) is 28.5 Å². The van der Waals surface area contributed by atoms with Crippen molar-refractivity contribution in [2.24, 2.45) is 5.73 Å². The highest BCUT2D eigenvalue weighted by molar-refractivity contribution is 7.95. The second-order valence-electron chi connectivity index (χ2n) is 6.81. The molecule has 0 radical (unpaired) electrons. The van der Waals surface area contributed by atoms with Crippen molar-refractivity contribution < 1.29 is 17.5 Å². The van der Waals surface area contributed by atoms with Crippen molar-refractivity contribution in [1.29, 1.82) is 5.26 Å². The Balaban J connectivity index is 1.95. The van der Waals surface area contributed by atoms with Gasteiger partial charge in [-0.1, -0.05) is 12.1 Å². The molecule has 2 aliphatic heterocycles. The molecule has 29 heavy (non-hydrogen) atoms. The number of nitriles is 1. The second-order valence-corrected chi connectivity index (χ2v) is 8.89. The van der Waals surface area contributed by atoms with Gasteiger partial charge in [-0.25, -0.2) is 12.8 Å². The van der Waals surface area contributed by atoms with Crippen LogP contribution < -0.4 is 15.4 Å². The molecular weight excluding hydrogens is 393 g/mol. The molecule has 0 aromatic heterocycles. The number of halogens is 1. The highest BCUT2D eigenvalue weighted by atomic mass is 32.2. The Morgan fingerprint density at radius 2 is 1.83 bits per heavy atom.